The predicted molar refractivity (Wildman–Crippen MR) is 58.5 cm³/mol. The van der Waals surface area contributed by atoms with E-state index in [1.165, 1.54) is 0 Å². The topological polar surface area (TPSA) is 35.2 Å². The summed E-state index contributed by atoms with van der Waals surface area (Å²) in [6, 6.07) is 0.233. The second kappa shape index (κ2) is 4.79. The molecule has 1 saturated carbocycles. The Morgan fingerprint density at radius 3 is 2.60 bits per heavy atom. The first-order valence-electron chi connectivity index (χ1n) is 6.24. The lowest BCUT2D eigenvalue weighted by Crippen LogP contribution is -2.36. The quantitative estimate of drug-likeness (QED) is 0.785. The van der Waals surface area contributed by atoms with Crippen LogP contribution in [-0.4, -0.2) is 24.4 Å². The Kier molecular flexibility index (Phi) is 3.62. The molecule has 15 heavy (non-hydrogen) atoms. The van der Waals surface area contributed by atoms with E-state index in [0.29, 0.717) is 25.4 Å². The number of ether oxygens (including phenoxy) is 1. The van der Waals surface area contributed by atoms with E-state index in [1.807, 2.05) is 0 Å². The highest BCUT2D eigenvalue weighted by molar-refractivity contribution is 4.88. The van der Waals surface area contributed by atoms with Gasteiger partial charge in [-0.3, -0.25) is 0 Å². The van der Waals surface area contributed by atoms with Crippen LogP contribution in [0.25, 0.3) is 0 Å². The van der Waals surface area contributed by atoms with Crippen LogP contribution in [-0.2, 0) is 4.74 Å². The molecule has 2 N–H and O–H groups in total. The van der Waals surface area contributed by atoms with Gasteiger partial charge in [0.15, 0.2) is 0 Å². The molecule has 0 amide bonds. The Bertz CT molecular complexity index is 196. The van der Waals surface area contributed by atoms with Crippen molar-refractivity contribution in [3.63, 3.8) is 0 Å². The van der Waals surface area contributed by atoms with Gasteiger partial charge in [0, 0.05) is 12.6 Å². The molecule has 3 heteroatoms. The average Bonchev–Trinajstić information content (AvgIpc) is 2.73. The van der Waals surface area contributed by atoms with Crippen molar-refractivity contribution in [3.05, 3.63) is 0 Å². The normalized spacial score (nSPS) is 42.0. The van der Waals surface area contributed by atoms with E-state index in [-0.39, 0.29) is 6.04 Å². The smallest absolute Gasteiger partial charge is 0.111 e. The molecule has 0 aromatic carbocycles. The van der Waals surface area contributed by atoms with E-state index in [2.05, 4.69) is 0 Å². The fourth-order valence-electron chi connectivity index (χ4n) is 2.70. The van der Waals surface area contributed by atoms with Crippen LogP contribution in [0.3, 0.4) is 0 Å². The Hall–Kier alpha value is -0.150. The van der Waals surface area contributed by atoms with Crippen molar-refractivity contribution in [2.45, 2.75) is 69.2 Å². The first-order valence-corrected chi connectivity index (χ1v) is 6.24. The molecule has 2 aliphatic rings. The van der Waals surface area contributed by atoms with Crippen LogP contribution >= 0.6 is 0 Å². The molecular formula is C12H22FNO. The lowest BCUT2D eigenvalue weighted by molar-refractivity contribution is 0.0497. The van der Waals surface area contributed by atoms with E-state index >= 15 is 0 Å². The van der Waals surface area contributed by atoms with Gasteiger partial charge in [-0.05, 0) is 51.4 Å². The van der Waals surface area contributed by atoms with Crippen LogP contribution < -0.4 is 5.73 Å². The minimum Gasteiger partial charge on any atom is -0.378 e. The van der Waals surface area contributed by atoms with Gasteiger partial charge in [-0.1, -0.05) is 0 Å². The van der Waals surface area contributed by atoms with E-state index in [9.17, 15) is 4.39 Å². The average molecular weight is 215 g/mol. The molecule has 2 rings (SSSR count). The standard InChI is InChI=1S/C12H22FNO/c13-12(6-3-10(14)4-7-12)8-5-11-2-1-9-15-11/h10-11H,1-9,14H2. The van der Waals surface area contributed by atoms with Gasteiger partial charge in [0.1, 0.15) is 5.67 Å². The number of nitrogens with two attached hydrogens (primary N) is 1. The van der Waals surface area contributed by atoms with Gasteiger partial charge in [0.05, 0.1) is 6.10 Å². The van der Waals surface area contributed by atoms with Gasteiger partial charge in [-0.2, -0.15) is 0 Å². The molecule has 88 valence electrons. The van der Waals surface area contributed by atoms with Gasteiger partial charge in [0.2, 0.25) is 0 Å². The molecule has 1 atom stereocenters. The number of halogens is 1. The lowest BCUT2D eigenvalue weighted by atomic mass is 9.80. The molecule has 2 nitrogen and oxygen atoms in total. The van der Waals surface area contributed by atoms with Gasteiger partial charge in [0.25, 0.3) is 0 Å². The third kappa shape index (κ3) is 3.15. The Morgan fingerprint density at radius 2 is 2.00 bits per heavy atom. The van der Waals surface area contributed by atoms with Crippen molar-refractivity contribution in [1.29, 1.82) is 0 Å². The van der Waals surface area contributed by atoms with Gasteiger partial charge in [-0.15, -0.1) is 0 Å². The van der Waals surface area contributed by atoms with Crippen LogP contribution in [0.5, 0.6) is 0 Å². The minimum absolute atomic E-state index is 0.233. The molecule has 2 fully saturated rings. The molecule has 0 spiro atoms. The molecule has 0 radical (unpaired) electrons. The molecule has 0 aromatic rings. The molecule has 1 saturated heterocycles. The SMILES string of the molecule is NC1CCC(F)(CCC2CCCO2)CC1. The van der Waals surface area contributed by atoms with Crippen LogP contribution in [0.2, 0.25) is 0 Å². The number of rotatable bonds is 3. The maximum Gasteiger partial charge on any atom is 0.111 e. The van der Waals surface area contributed by atoms with Crippen LogP contribution in [0, 0.1) is 0 Å². The van der Waals surface area contributed by atoms with Crippen LogP contribution in [0.15, 0.2) is 0 Å². The first kappa shape index (κ1) is 11.3. The largest absolute Gasteiger partial charge is 0.378 e. The second-order valence-electron chi connectivity index (χ2n) is 5.16. The Balaban J connectivity index is 1.72. The maximum absolute atomic E-state index is 14.3. The number of hydrogen-bond acceptors (Lipinski definition) is 2. The van der Waals surface area contributed by atoms with E-state index in [4.69, 9.17) is 10.5 Å². The fourth-order valence-corrected chi connectivity index (χ4v) is 2.70. The zero-order valence-corrected chi connectivity index (χ0v) is 9.38. The maximum atomic E-state index is 14.3. The molecule has 1 aliphatic carbocycles. The van der Waals surface area contributed by atoms with Gasteiger partial charge >= 0.3 is 0 Å². The summed E-state index contributed by atoms with van der Waals surface area (Å²) in [6.07, 6.45) is 7.17. The molecular weight excluding hydrogens is 193 g/mol. The summed E-state index contributed by atoms with van der Waals surface area (Å²) in [6.45, 7) is 0.870. The summed E-state index contributed by atoms with van der Waals surface area (Å²) in [7, 11) is 0. The number of alkyl halides is 1. The van der Waals surface area contributed by atoms with Crippen molar-refractivity contribution >= 4 is 0 Å². The lowest BCUT2D eigenvalue weighted by Gasteiger charge is -2.33. The monoisotopic (exact) mass is 215 g/mol. The van der Waals surface area contributed by atoms with E-state index in [0.717, 1.165) is 38.7 Å². The first-order chi connectivity index (χ1) is 7.18. The van der Waals surface area contributed by atoms with Crippen molar-refractivity contribution in [3.8, 4) is 0 Å². The van der Waals surface area contributed by atoms with Crippen molar-refractivity contribution in [2.75, 3.05) is 6.61 Å². The third-order valence-electron chi connectivity index (χ3n) is 3.86. The van der Waals surface area contributed by atoms with Gasteiger partial charge < -0.3 is 10.5 Å². The summed E-state index contributed by atoms with van der Waals surface area (Å²) >= 11 is 0. The zero-order chi connectivity index (χ0) is 10.7. The van der Waals surface area contributed by atoms with E-state index in [1.54, 1.807) is 0 Å². The Morgan fingerprint density at radius 1 is 1.27 bits per heavy atom. The molecule has 0 bridgehead atoms. The highest BCUT2D eigenvalue weighted by Crippen LogP contribution is 2.36. The summed E-state index contributed by atoms with van der Waals surface area (Å²) in [5, 5.41) is 0. The molecule has 0 aromatic heterocycles. The third-order valence-corrected chi connectivity index (χ3v) is 3.86. The molecule has 1 heterocycles. The summed E-state index contributed by atoms with van der Waals surface area (Å²) in [5.74, 6) is 0. The highest BCUT2D eigenvalue weighted by Gasteiger charge is 2.34. The summed E-state index contributed by atoms with van der Waals surface area (Å²) in [4.78, 5) is 0. The summed E-state index contributed by atoms with van der Waals surface area (Å²) in [5.41, 5.74) is 4.84. The molecule has 1 unspecified atom stereocenters. The molecule has 1 aliphatic heterocycles. The van der Waals surface area contributed by atoms with Crippen molar-refractivity contribution in [2.24, 2.45) is 5.73 Å². The Labute approximate surface area is 91.4 Å². The zero-order valence-electron chi connectivity index (χ0n) is 9.38. The van der Waals surface area contributed by atoms with Crippen LogP contribution in [0.1, 0.15) is 51.4 Å². The highest BCUT2D eigenvalue weighted by atomic mass is 19.1. The fraction of sp³-hybridized carbons (Fsp3) is 1.00. The van der Waals surface area contributed by atoms with Crippen LogP contribution in [0.4, 0.5) is 4.39 Å². The van der Waals surface area contributed by atoms with E-state index < -0.39 is 5.67 Å². The minimum atomic E-state index is -0.943. The second-order valence-corrected chi connectivity index (χ2v) is 5.16. The predicted octanol–water partition coefficient (Wildman–Crippen LogP) is 2.56. The van der Waals surface area contributed by atoms with Gasteiger partial charge in [-0.25, -0.2) is 4.39 Å². The summed E-state index contributed by atoms with van der Waals surface area (Å²) < 4.78 is 19.8. The van der Waals surface area contributed by atoms with Crippen molar-refractivity contribution < 1.29 is 9.13 Å². The van der Waals surface area contributed by atoms with Crippen molar-refractivity contribution in [1.82, 2.24) is 0 Å². The number of hydrogen-bond donors (Lipinski definition) is 1.